The van der Waals surface area contributed by atoms with E-state index >= 15 is 0 Å². The molecule has 0 aliphatic carbocycles. The van der Waals surface area contributed by atoms with Crippen molar-refractivity contribution in [1.29, 1.82) is 0 Å². The smallest absolute Gasteiger partial charge is 0.462 e. The van der Waals surface area contributed by atoms with Crippen molar-refractivity contribution in [2.75, 3.05) is 25.6 Å². The number of aliphatic hydroxyl groups excluding tert-OH is 1. The van der Waals surface area contributed by atoms with E-state index in [9.17, 15) is 24.2 Å². The first-order chi connectivity index (χ1) is 32.0. The maximum absolute atomic E-state index is 13.0. The van der Waals surface area contributed by atoms with Crippen LogP contribution >= 0.6 is 20.0 Å². The molecule has 0 spiro atoms. The number of anilines is 1. The molecule has 0 amide bonds. The molecule has 1 aliphatic heterocycles. The lowest BCUT2D eigenvalue weighted by Gasteiger charge is -2.21. The van der Waals surface area contributed by atoms with E-state index in [0.29, 0.717) is 24.0 Å². The normalized spacial score (nSPS) is 17.6. The predicted molar refractivity (Wildman–Crippen MR) is 263 cm³/mol. The minimum atomic E-state index is -4.73. The number of esters is 2. The summed E-state index contributed by atoms with van der Waals surface area (Å²) in [6.45, 7) is 3.16. The van der Waals surface area contributed by atoms with Crippen LogP contribution < -0.4 is 5.73 Å². The molecule has 2 aromatic heterocycles. The lowest BCUT2D eigenvalue weighted by Crippen LogP contribution is -2.30. The van der Waals surface area contributed by atoms with E-state index in [0.717, 1.165) is 38.5 Å². The molecule has 3 rings (SSSR count). The summed E-state index contributed by atoms with van der Waals surface area (Å²) in [4.78, 5) is 47.4. The van der Waals surface area contributed by atoms with Crippen molar-refractivity contribution < 1.29 is 47.4 Å². The third-order valence-corrected chi connectivity index (χ3v) is 13.7. The Morgan fingerprint density at radius 3 is 1.70 bits per heavy atom. The monoisotopic (exact) mass is 970 g/mol. The molecule has 0 saturated carbocycles. The summed E-state index contributed by atoms with van der Waals surface area (Å²) in [6.07, 6.45) is 34.7. The first-order valence-electron chi connectivity index (χ1n) is 26.1. The molecular formula is C49H88N5O10PS. The molecule has 1 fully saturated rings. The number of phosphoric acid groups is 1. The molecule has 5 atom stereocenters. The van der Waals surface area contributed by atoms with Gasteiger partial charge in [0.1, 0.15) is 30.1 Å². The van der Waals surface area contributed by atoms with Gasteiger partial charge in [0.25, 0.3) is 0 Å². The highest BCUT2D eigenvalue weighted by Gasteiger charge is 2.38. The van der Waals surface area contributed by atoms with E-state index in [2.05, 4.69) is 28.8 Å². The number of aromatic nitrogens is 4. The number of carbonyl (C=O) groups is 2. The fourth-order valence-corrected chi connectivity index (χ4v) is 9.50. The number of unbranched alkanes of at least 4 members (excludes halogenated alkanes) is 28. The Bertz CT molecular complexity index is 1700. The predicted octanol–water partition coefficient (Wildman–Crippen LogP) is 12.8. The third-order valence-electron chi connectivity index (χ3n) is 12.5. The molecule has 2 aromatic rings. The SMILES string of the molecule is CCCCCCCCCCCCCCCCCC(=O)OC[C@H](COP(=O)(O)OC[C@H]1O[C@@H](n2cnc3c(=S)nc(N)[nH]c32)C[C@@H]1O)OC(=O)CCCCCCCCCCCCCCCCC. The zero-order valence-electron chi connectivity index (χ0n) is 40.8. The third kappa shape index (κ3) is 25.8. The molecule has 3 heterocycles. The van der Waals surface area contributed by atoms with Gasteiger partial charge in [-0.2, -0.15) is 0 Å². The molecule has 5 N–H and O–H groups in total. The summed E-state index contributed by atoms with van der Waals surface area (Å²) >= 11 is 5.25. The van der Waals surface area contributed by atoms with E-state index in [-0.39, 0.29) is 36.5 Å². The number of nitrogen functional groups attached to an aromatic ring is 1. The van der Waals surface area contributed by atoms with E-state index in [4.69, 9.17) is 41.2 Å². The Labute approximate surface area is 401 Å². The fourth-order valence-electron chi connectivity index (χ4n) is 8.49. The summed E-state index contributed by atoms with van der Waals surface area (Å²) in [5.74, 6) is -0.830. The van der Waals surface area contributed by atoms with Gasteiger partial charge in [0, 0.05) is 19.3 Å². The maximum Gasteiger partial charge on any atom is 0.472 e. The molecule has 0 bridgehead atoms. The first kappa shape index (κ1) is 57.9. The van der Waals surface area contributed by atoms with Gasteiger partial charge in [0.2, 0.25) is 0 Å². The van der Waals surface area contributed by atoms with Crippen LogP contribution in [0, 0.1) is 4.64 Å². The van der Waals surface area contributed by atoms with Crippen molar-refractivity contribution in [3.05, 3.63) is 11.0 Å². The first-order valence-corrected chi connectivity index (χ1v) is 28.0. The van der Waals surface area contributed by atoms with Gasteiger partial charge < -0.3 is 34.9 Å². The van der Waals surface area contributed by atoms with Gasteiger partial charge >= 0.3 is 19.8 Å². The number of phosphoric ester groups is 1. The zero-order chi connectivity index (χ0) is 47.7. The van der Waals surface area contributed by atoms with Crippen molar-refractivity contribution >= 4 is 49.1 Å². The molecule has 17 heteroatoms. The quantitative estimate of drug-likeness (QED) is 0.0211. The van der Waals surface area contributed by atoms with Crippen LogP contribution in [0.3, 0.4) is 0 Å². The summed E-state index contributed by atoms with van der Waals surface area (Å²) in [5, 5.41) is 10.7. The second kappa shape index (κ2) is 35.6. The maximum atomic E-state index is 13.0. The second-order valence-corrected chi connectivity index (χ2v) is 20.3. The highest BCUT2D eigenvalue weighted by atomic mass is 32.1. The number of H-pyrrole nitrogens is 1. The van der Waals surface area contributed by atoms with E-state index < -0.39 is 57.5 Å². The molecule has 1 unspecified atom stereocenters. The Hall–Kier alpha value is -2.46. The zero-order valence-corrected chi connectivity index (χ0v) is 42.5. The summed E-state index contributed by atoms with van der Waals surface area (Å²) in [6, 6.07) is 0. The van der Waals surface area contributed by atoms with Gasteiger partial charge in [0.05, 0.1) is 25.6 Å². The molecule has 380 valence electrons. The highest BCUT2D eigenvalue weighted by molar-refractivity contribution is 7.71. The van der Waals surface area contributed by atoms with Crippen molar-refractivity contribution in [3.63, 3.8) is 0 Å². The van der Waals surface area contributed by atoms with Crippen LogP contribution in [0.1, 0.15) is 232 Å². The average Bonchev–Trinajstić information content (AvgIpc) is 3.89. The number of rotatable bonds is 42. The van der Waals surface area contributed by atoms with Crippen LogP contribution in [-0.2, 0) is 37.4 Å². The molecular weight excluding hydrogens is 882 g/mol. The van der Waals surface area contributed by atoms with Crippen LogP contribution in [0.15, 0.2) is 6.33 Å². The van der Waals surface area contributed by atoms with Gasteiger partial charge in [-0.05, 0) is 12.8 Å². The van der Waals surface area contributed by atoms with Crippen LogP contribution in [0.4, 0.5) is 5.95 Å². The average molecular weight is 970 g/mol. The van der Waals surface area contributed by atoms with Gasteiger partial charge in [-0.3, -0.25) is 23.2 Å². The Morgan fingerprint density at radius 1 is 0.758 bits per heavy atom. The van der Waals surface area contributed by atoms with Crippen LogP contribution in [-0.4, -0.2) is 79.6 Å². The molecule has 1 saturated heterocycles. The highest BCUT2D eigenvalue weighted by Crippen LogP contribution is 2.44. The van der Waals surface area contributed by atoms with Gasteiger partial charge in [0.15, 0.2) is 16.7 Å². The largest absolute Gasteiger partial charge is 0.472 e. The number of aliphatic hydroxyl groups is 1. The number of hydrogen-bond acceptors (Lipinski definition) is 13. The van der Waals surface area contributed by atoms with Crippen LogP contribution in [0.5, 0.6) is 0 Å². The number of nitrogens with zero attached hydrogens (tertiary/aromatic N) is 3. The number of carbonyl (C=O) groups excluding carboxylic acids is 2. The Morgan fingerprint density at radius 2 is 1.21 bits per heavy atom. The van der Waals surface area contributed by atoms with E-state index in [1.54, 1.807) is 4.57 Å². The van der Waals surface area contributed by atoms with Crippen LogP contribution in [0.2, 0.25) is 0 Å². The van der Waals surface area contributed by atoms with Crippen molar-refractivity contribution in [1.82, 2.24) is 19.5 Å². The number of aromatic amines is 1. The van der Waals surface area contributed by atoms with Crippen molar-refractivity contribution in [2.24, 2.45) is 0 Å². The Balaban J connectivity index is 1.36. The number of nitrogens with two attached hydrogens (primary N) is 1. The summed E-state index contributed by atoms with van der Waals surface area (Å²) < 4.78 is 42.4. The van der Waals surface area contributed by atoms with E-state index in [1.165, 1.54) is 148 Å². The van der Waals surface area contributed by atoms with Gasteiger partial charge in [-0.25, -0.2) is 14.5 Å². The number of nitrogens with one attached hydrogen (secondary N) is 1. The number of hydrogen-bond donors (Lipinski definition) is 4. The lowest BCUT2D eigenvalue weighted by atomic mass is 10.0. The molecule has 0 aromatic carbocycles. The molecule has 15 nitrogen and oxygen atoms in total. The summed E-state index contributed by atoms with van der Waals surface area (Å²) in [5.41, 5.74) is 6.70. The van der Waals surface area contributed by atoms with Crippen molar-refractivity contribution in [3.8, 4) is 0 Å². The minimum absolute atomic E-state index is 0.0926. The number of ether oxygens (including phenoxy) is 3. The van der Waals surface area contributed by atoms with Gasteiger partial charge in [-0.15, -0.1) is 0 Å². The van der Waals surface area contributed by atoms with Crippen molar-refractivity contribution in [2.45, 2.75) is 250 Å². The molecule has 1 aliphatic rings. The fraction of sp³-hybridized carbons (Fsp3) is 0.857. The second-order valence-electron chi connectivity index (χ2n) is 18.5. The summed E-state index contributed by atoms with van der Waals surface area (Å²) in [7, 11) is -4.73. The molecule has 0 radical (unpaired) electrons. The van der Waals surface area contributed by atoms with E-state index in [1.807, 2.05) is 0 Å². The lowest BCUT2D eigenvalue weighted by molar-refractivity contribution is -0.161. The standard InChI is InChI=1S/C49H88N5O10PS/c1-3-5-7-9-11-13-15-17-19-21-23-25-27-29-31-33-44(56)60-36-40(63-45(57)34-32-30-28-26-24-22-20-18-16-14-12-10-8-6-4-2)37-61-65(58,59)62-38-42-41(55)35-43(64-42)54-39-51-46-47(54)52-49(50)53-48(46)66/h39-43,55H,3-38H2,1-2H3,(H,58,59)(H3,50,52,53,66)/t40-,41+,42-,43-/m1/s1. The topological polar surface area (TPSA) is 210 Å². The van der Waals surface area contributed by atoms with Crippen LogP contribution in [0.25, 0.3) is 11.2 Å². The Kier molecular flexibility index (Phi) is 31.2. The number of fused-ring (bicyclic) bond motifs is 1. The number of imidazole rings is 1. The minimum Gasteiger partial charge on any atom is -0.462 e. The van der Waals surface area contributed by atoms with Gasteiger partial charge in [-0.1, -0.05) is 206 Å². The molecule has 66 heavy (non-hydrogen) atoms.